The fourth-order valence-electron chi connectivity index (χ4n) is 4.83. The van der Waals surface area contributed by atoms with Gasteiger partial charge in [0.15, 0.2) is 11.5 Å². The minimum atomic E-state index is -0.00601. The predicted molar refractivity (Wildman–Crippen MR) is 128 cm³/mol. The normalized spacial score (nSPS) is 24.2. The number of halogens is 3. The van der Waals surface area contributed by atoms with Crippen LogP contribution in [-0.2, 0) is 11.4 Å². The lowest BCUT2D eigenvalue weighted by molar-refractivity contribution is -0.123. The van der Waals surface area contributed by atoms with Crippen molar-refractivity contribution < 1.29 is 14.3 Å². The third-order valence-electron chi connectivity index (χ3n) is 6.64. The summed E-state index contributed by atoms with van der Waals surface area (Å²) in [7, 11) is 1.53. The van der Waals surface area contributed by atoms with Gasteiger partial charge in [0.05, 0.1) is 18.3 Å². The van der Waals surface area contributed by atoms with E-state index in [0.29, 0.717) is 38.0 Å². The van der Waals surface area contributed by atoms with Gasteiger partial charge in [-0.1, -0.05) is 60.6 Å². The molecule has 2 aromatic carbocycles. The molecule has 2 aliphatic carbocycles. The topological polar surface area (TPSA) is 59.9 Å². The lowest BCUT2D eigenvalue weighted by atomic mass is 9.90. The van der Waals surface area contributed by atoms with Crippen molar-refractivity contribution in [3.63, 3.8) is 0 Å². The molecule has 4 rings (SSSR count). The number of benzene rings is 2. The molecule has 2 fully saturated rings. The third-order valence-corrected chi connectivity index (χ3v) is 7.51. The number of rotatable bonds is 7. The Labute approximate surface area is 203 Å². The van der Waals surface area contributed by atoms with E-state index in [1.54, 1.807) is 36.5 Å². The second kappa shape index (κ2) is 9.50. The molecule has 0 saturated heterocycles. The zero-order chi connectivity index (χ0) is 22.9. The molecule has 0 bridgehead atoms. The number of hydrogen-bond acceptors (Lipinski definition) is 4. The van der Waals surface area contributed by atoms with Crippen molar-refractivity contribution in [3.05, 3.63) is 56.5 Å². The Morgan fingerprint density at radius 3 is 2.72 bits per heavy atom. The number of methoxy groups -OCH3 is 1. The van der Waals surface area contributed by atoms with Crippen molar-refractivity contribution in [1.29, 1.82) is 0 Å². The van der Waals surface area contributed by atoms with Crippen molar-refractivity contribution in [2.45, 2.75) is 39.2 Å². The minimum absolute atomic E-state index is 0.00601. The van der Waals surface area contributed by atoms with Crippen LogP contribution in [0.4, 0.5) is 0 Å². The molecule has 0 radical (unpaired) electrons. The predicted octanol–water partition coefficient (Wildman–Crippen LogP) is 6.51. The van der Waals surface area contributed by atoms with Crippen molar-refractivity contribution in [1.82, 2.24) is 5.43 Å². The van der Waals surface area contributed by atoms with Gasteiger partial charge in [0.25, 0.3) is 0 Å². The van der Waals surface area contributed by atoms with Gasteiger partial charge in [-0.25, -0.2) is 5.43 Å². The van der Waals surface area contributed by atoms with E-state index in [1.807, 2.05) is 0 Å². The first-order valence-electron chi connectivity index (χ1n) is 10.6. The number of hydrogen-bond donors (Lipinski definition) is 1. The third kappa shape index (κ3) is 4.70. The summed E-state index contributed by atoms with van der Waals surface area (Å²) in [6.45, 7) is 2.42. The van der Waals surface area contributed by atoms with Crippen LogP contribution < -0.4 is 14.9 Å². The Kier molecular flexibility index (Phi) is 6.89. The van der Waals surface area contributed by atoms with Crippen molar-refractivity contribution in [2.24, 2.45) is 22.4 Å². The summed E-state index contributed by atoms with van der Waals surface area (Å²) in [5.74, 6) is 1.41. The Bertz CT molecular complexity index is 1060. The lowest BCUT2D eigenvalue weighted by Gasteiger charge is -2.15. The quantitative estimate of drug-likeness (QED) is 0.352. The highest BCUT2D eigenvalue weighted by atomic mass is 35.5. The summed E-state index contributed by atoms with van der Waals surface area (Å²) in [5.41, 5.74) is 4.30. The largest absolute Gasteiger partial charge is 0.493 e. The number of nitrogens with one attached hydrogen (secondary N) is 1. The number of carbonyl (C=O) groups excluding carboxylic acids is 1. The molecule has 1 N–H and O–H groups in total. The molecule has 32 heavy (non-hydrogen) atoms. The van der Waals surface area contributed by atoms with Crippen LogP contribution in [0.3, 0.4) is 0 Å². The maximum absolute atomic E-state index is 12.6. The molecular formula is C24H25Cl3N2O3. The van der Waals surface area contributed by atoms with Crippen molar-refractivity contribution >= 4 is 46.9 Å². The van der Waals surface area contributed by atoms with Gasteiger partial charge in [-0.05, 0) is 54.0 Å². The molecule has 0 unspecified atom stereocenters. The van der Waals surface area contributed by atoms with Crippen LogP contribution in [0.15, 0.2) is 35.4 Å². The molecule has 1 amide bonds. The first-order valence-corrected chi connectivity index (χ1v) is 11.7. The monoisotopic (exact) mass is 494 g/mol. The second-order valence-electron chi connectivity index (χ2n) is 8.63. The standard InChI is InChI=1S/C24H25Cl3N2O3/c1-24-8-4-3-5-17(24)21(24)23(30)29-28-12-14-9-19(27)22(20(10-14)31-2)32-13-15-6-7-16(25)11-18(15)26/h6-7,9-12,17,21H,3-5,8,13H2,1-2H3,(H,29,30)/b28-12-/t17-,21+,24+/m1/s1. The zero-order valence-electron chi connectivity index (χ0n) is 18.0. The van der Waals surface area contributed by atoms with Gasteiger partial charge >= 0.3 is 0 Å². The van der Waals surface area contributed by atoms with Gasteiger partial charge in [0.2, 0.25) is 5.91 Å². The Balaban J connectivity index is 1.41. The van der Waals surface area contributed by atoms with E-state index < -0.39 is 0 Å². The smallest absolute Gasteiger partial charge is 0.244 e. The van der Waals surface area contributed by atoms with Gasteiger partial charge in [-0.3, -0.25) is 4.79 Å². The SMILES string of the molecule is COc1cc(/C=N\NC(=O)[C@@H]2[C@H]3CCCC[C@@]32C)cc(Cl)c1OCc1ccc(Cl)cc1Cl. The molecule has 0 heterocycles. The van der Waals surface area contributed by atoms with E-state index in [2.05, 4.69) is 17.5 Å². The number of hydrazone groups is 1. The van der Waals surface area contributed by atoms with Crippen molar-refractivity contribution in [3.8, 4) is 11.5 Å². The van der Waals surface area contributed by atoms with Gasteiger partial charge in [-0.2, -0.15) is 5.10 Å². The fourth-order valence-corrected chi connectivity index (χ4v) is 5.57. The Morgan fingerprint density at radius 1 is 1.22 bits per heavy atom. The van der Waals surface area contributed by atoms with Gasteiger partial charge < -0.3 is 9.47 Å². The number of ether oxygens (including phenoxy) is 2. The molecule has 2 aromatic rings. The molecule has 0 spiro atoms. The fraction of sp³-hybridized carbons (Fsp3) is 0.417. The molecule has 2 saturated carbocycles. The highest BCUT2D eigenvalue weighted by Crippen LogP contribution is 2.66. The molecule has 0 aromatic heterocycles. The number of fused-ring (bicyclic) bond motifs is 1. The molecule has 170 valence electrons. The summed E-state index contributed by atoms with van der Waals surface area (Å²) in [5, 5.41) is 5.57. The molecule has 2 aliphatic rings. The maximum atomic E-state index is 12.6. The molecular weight excluding hydrogens is 471 g/mol. The number of amides is 1. The zero-order valence-corrected chi connectivity index (χ0v) is 20.2. The minimum Gasteiger partial charge on any atom is -0.493 e. The van der Waals surface area contributed by atoms with E-state index in [1.165, 1.54) is 20.0 Å². The summed E-state index contributed by atoms with van der Waals surface area (Å²) in [4.78, 5) is 12.6. The average Bonchev–Trinajstić information content (AvgIpc) is 3.39. The Morgan fingerprint density at radius 2 is 2.03 bits per heavy atom. The van der Waals surface area contributed by atoms with E-state index in [0.717, 1.165) is 18.4 Å². The Hall–Kier alpha value is -1.95. The van der Waals surface area contributed by atoms with Crippen molar-refractivity contribution in [2.75, 3.05) is 7.11 Å². The van der Waals surface area contributed by atoms with E-state index >= 15 is 0 Å². The van der Waals surface area contributed by atoms with Gasteiger partial charge in [0, 0.05) is 21.5 Å². The van der Waals surface area contributed by atoms with Crippen LogP contribution in [0.2, 0.25) is 15.1 Å². The summed E-state index contributed by atoms with van der Waals surface area (Å²) in [6.07, 6.45) is 6.23. The maximum Gasteiger partial charge on any atom is 0.244 e. The summed E-state index contributed by atoms with van der Waals surface area (Å²) in [6, 6.07) is 8.65. The number of carbonyl (C=O) groups is 1. The van der Waals surface area contributed by atoms with E-state index in [9.17, 15) is 4.79 Å². The number of nitrogens with zero attached hydrogens (tertiary/aromatic N) is 1. The molecule has 0 aliphatic heterocycles. The van der Waals surface area contributed by atoms with E-state index in [4.69, 9.17) is 44.3 Å². The molecule has 3 atom stereocenters. The van der Waals surface area contributed by atoms with Crippen LogP contribution in [0.5, 0.6) is 11.5 Å². The van der Waals surface area contributed by atoms with Gasteiger partial charge in [0.1, 0.15) is 6.61 Å². The summed E-state index contributed by atoms with van der Waals surface area (Å²) >= 11 is 18.6. The van der Waals surface area contributed by atoms with Crippen LogP contribution in [0.1, 0.15) is 43.7 Å². The lowest BCUT2D eigenvalue weighted by Crippen LogP contribution is -2.22. The highest BCUT2D eigenvalue weighted by molar-refractivity contribution is 6.35. The van der Waals surface area contributed by atoms with Crippen LogP contribution in [0.25, 0.3) is 0 Å². The van der Waals surface area contributed by atoms with E-state index in [-0.39, 0.29) is 23.8 Å². The first kappa shape index (κ1) is 23.2. The first-order chi connectivity index (χ1) is 15.3. The second-order valence-corrected chi connectivity index (χ2v) is 9.88. The van der Waals surface area contributed by atoms with Crippen LogP contribution >= 0.6 is 34.8 Å². The van der Waals surface area contributed by atoms with Crippen LogP contribution in [0, 0.1) is 17.3 Å². The summed E-state index contributed by atoms with van der Waals surface area (Å²) < 4.78 is 11.3. The van der Waals surface area contributed by atoms with Gasteiger partial charge in [-0.15, -0.1) is 0 Å². The molecule has 8 heteroatoms. The van der Waals surface area contributed by atoms with Crippen LogP contribution in [-0.4, -0.2) is 19.2 Å². The highest BCUT2D eigenvalue weighted by Gasteiger charge is 2.64. The molecule has 5 nitrogen and oxygen atoms in total. The average molecular weight is 496 g/mol.